The van der Waals surface area contributed by atoms with Gasteiger partial charge >= 0.3 is 12.0 Å². The molecule has 1 unspecified atom stereocenters. The lowest BCUT2D eigenvalue weighted by molar-refractivity contribution is -0.138. The highest BCUT2D eigenvalue weighted by atomic mass is 16.4. The number of benzene rings is 1. The second-order valence-electron chi connectivity index (χ2n) is 5.81. The summed E-state index contributed by atoms with van der Waals surface area (Å²) < 4.78 is 0. The van der Waals surface area contributed by atoms with Gasteiger partial charge in [-0.05, 0) is 11.1 Å². The Morgan fingerprint density at radius 2 is 1.92 bits per heavy atom. The Morgan fingerprint density at radius 1 is 1.21 bits per heavy atom. The Balaban J connectivity index is 1.64. The van der Waals surface area contributed by atoms with Crippen molar-refractivity contribution in [1.82, 2.24) is 15.1 Å². The molecule has 1 aromatic rings. The number of nitrogens with one attached hydrogen (secondary N) is 1. The number of carboxylic acid groups (broad SMARTS) is 1. The molecule has 3 rings (SSSR count). The molecule has 126 valence electrons. The summed E-state index contributed by atoms with van der Waals surface area (Å²) >= 11 is 0. The Hall–Kier alpha value is -2.90. The van der Waals surface area contributed by atoms with Crippen molar-refractivity contribution in [2.75, 3.05) is 13.1 Å². The first-order valence-corrected chi connectivity index (χ1v) is 7.64. The molecule has 1 atom stereocenters. The van der Waals surface area contributed by atoms with Gasteiger partial charge in [0.15, 0.2) is 0 Å². The van der Waals surface area contributed by atoms with Gasteiger partial charge < -0.3 is 15.3 Å². The number of hydrogen-bond acceptors (Lipinski definition) is 4. The molecule has 0 radical (unpaired) electrons. The third-order valence-electron chi connectivity index (χ3n) is 4.28. The van der Waals surface area contributed by atoms with Crippen molar-refractivity contribution in [2.45, 2.75) is 25.4 Å². The molecule has 8 nitrogen and oxygen atoms in total. The zero-order chi connectivity index (χ0) is 17.3. The molecular formula is C16H17N3O5. The van der Waals surface area contributed by atoms with Crippen LogP contribution < -0.4 is 5.32 Å². The molecule has 2 heterocycles. The van der Waals surface area contributed by atoms with Crippen LogP contribution in [0, 0.1) is 0 Å². The van der Waals surface area contributed by atoms with E-state index in [0.717, 1.165) is 16.0 Å². The predicted octanol–water partition coefficient (Wildman–Crippen LogP) is -0.0336. The number of rotatable bonds is 5. The maximum absolute atomic E-state index is 12.5. The maximum Gasteiger partial charge on any atom is 0.327 e. The summed E-state index contributed by atoms with van der Waals surface area (Å²) in [5.41, 5.74) is 2.08. The van der Waals surface area contributed by atoms with Crippen LogP contribution in [0.25, 0.3) is 0 Å². The summed E-state index contributed by atoms with van der Waals surface area (Å²) in [6.07, 6.45) is 0.362. The predicted molar refractivity (Wildman–Crippen MR) is 81.8 cm³/mol. The van der Waals surface area contributed by atoms with E-state index >= 15 is 0 Å². The zero-order valence-corrected chi connectivity index (χ0v) is 12.9. The lowest BCUT2D eigenvalue weighted by Gasteiger charge is -2.28. The smallest absolute Gasteiger partial charge is 0.327 e. The summed E-state index contributed by atoms with van der Waals surface area (Å²) in [4.78, 5) is 49.5. The van der Waals surface area contributed by atoms with Crippen molar-refractivity contribution >= 4 is 23.8 Å². The van der Waals surface area contributed by atoms with Gasteiger partial charge in [0.2, 0.25) is 5.91 Å². The quantitative estimate of drug-likeness (QED) is 0.737. The fraction of sp³-hybridized carbons (Fsp3) is 0.375. The minimum atomic E-state index is -1.15. The van der Waals surface area contributed by atoms with Crippen molar-refractivity contribution in [2.24, 2.45) is 0 Å². The Morgan fingerprint density at radius 3 is 2.62 bits per heavy atom. The number of amides is 4. The van der Waals surface area contributed by atoms with Crippen LogP contribution in [0.3, 0.4) is 0 Å². The van der Waals surface area contributed by atoms with E-state index in [1.807, 2.05) is 24.3 Å². The Kier molecular flexibility index (Phi) is 4.20. The average molecular weight is 331 g/mol. The molecule has 2 aliphatic rings. The van der Waals surface area contributed by atoms with Crippen molar-refractivity contribution in [3.63, 3.8) is 0 Å². The molecule has 2 N–H and O–H groups in total. The lowest BCUT2D eigenvalue weighted by Crippen LogP contribution is -2.40. The van der Waals surface area contributed by atoms with Crippen LogP contribution in [0.15, 0.2) is 24.3 Å². The van der Waals surface area contributed by atoms with Crippen molar-refractivity contribution in [1.29, 1.82) is 0 Å². The minimum Gasteiger partial charge on any atom is -0.480 e. The molecule has 1 saturated heterocycles. The number of carboxylic acids is 1. The number of nitrogens with zero attached hydrogens (tertiary/aromatic N) is 2. The first-order chi connectivity index (χ1) is 11.5. The number of imide groups is 1. The normalized spacial score (nSPS) is 19.1. The molecule has 0 aromatic heterocycles. The van der Waals surface area contributed by atoms with Gasteiger partial charge in [-0.2, -0.15) is 0 Å². The van der Waals surface area contributed by atoms with Crippen LogP contribution in [0.4, 0.5) is 4.79 Å². The first kappa shape index (κ1) is 16.0. The maximum atomic E-state index is 12.5. The van der Waals surface area contributed by atoms with Crippen LogP contribution in [-0.2, 0) is 27.3 Å². The fourth-order valence-corrected chi connectivity index (χ4v) is 3.06. The van der Waals surface area contributed by atoms with Crippen LogP contribution in [0.2, 0.25) is 0 Å². The third-order valence-corrected chi connectivity index (χ3v) is 4.28. The summed E-state index contributed by atoms with van der Waals surface area (Å²) in [7, 11) is 0. The van der Waals surface area contributed by atoms with E-state index in [2.05, 4.69) is 5.32 Å². The highest BCUT2D eigenvalue weighted by molar-refractivity contribution is 6.04. The number of hydrogen-bond donors (Lipinski definition) is 2. The van der Waals surface area contributed by atoms with Gasteiger partial charge in [-0.15, -0.1) is 0 Å². The Labute approximate surface area is 138 Å². The molecule has 24 heavy (non-hydrogen) atoms. The SMILES string of the molecule is O=C(O)CNC(=O)CCN1C(=O)C2Cc3ccccc3CN2C1=O. The topological polar surface area (TPSA) is 107 Å². The highest BCUT2D eigenvalue weighted by Crippen LogP contribution is 2.29. The monoisotopic (exact) mass is 331 g/mol. The highest BCUT2D eigenvalue weighted by Gasteiger charge is 2.46. The van der Waals surface area contributed by atoms with E-state index in [1.54, 1.807) is 0 Å². The van der Waals surface area contributed by atoms with Crippen LogP contribution in [0.5, 0.6) is 0 Å². The number of carbonyl (C=O) groups excluding carboxylic acids is 3. The van der Waals surface area contributed by atoms with E-state index in [1.165, 1.54) is 4.90 Å². The van der Waals surface area contributed by atoms with Crippen molar-refractivity contribution in [3.8, 4) is 0 Å². The number of fused-ring (bicyclic) bond motifs is 2. The van der Waals surface area contributed by atoms with Crippen LogP contribution >= 0.6 is 0 Å². The van der Waals surface area contributed by atoms with Crippen molar-refractivity contribution < 1.29 is 24.3 Å². The summed E-state index contributed by atoms with van der Waals surface area (Å²) in [5.74, 6) is -1.96. The number of urea groups is 1. The molecule has 0 aliphatic carbocycles. The van der Waals surface area contributed by atoms with Gasteiger partial charge in [0.25, 0.3) is 5.91 Å². The fourth-order valence-electron chi connectivity index (χ4n) is 3.06. The van der Waals surface area contributed by atoms with Gasteiger partial charge in [0.05, 0.1) is 0 Å². The van der Waals surface area contributed by atoms with Crippen molar-refractivity contribution in [3.05, 3.63) is 35.4 Å². The molecule has 0 bridgehead atoms. The van der Waals surface area contributed by atoms with E-state index in [0.29, 0.717) is 13.0 Å². The lowest BCUT2D eigenvalue weighted by atomic mass is 9.95. The van der Waals surface area contributed by atoms with E-state index in [4.69, 9.17) is 5.11 Å². The summed E-state index contributed by atoms with van der Waals surface area (Å²) in [5, 5.41) is 10.7. The van der Waals surface area contributed by atoms with Gasteiger partial charge in [-0.3, -0.25) is 19.3 Å². The van der Waals surface area contributed by atoms with Crippen LogP contribution in [-0.4, -0.2) is 57.9 Å². The zero-order valence-electron chi connectivity index (χ0n) is 12.9. The summed E-state index contributed by atoms with van der Waals surface area (Å²) in [6.45, 7) is -0.148. The number of carbonyl (C=O) groups is 4. The number of aliphatic carboxylic acids is 1. The van der Waals surface area contributed by atoms with E-state index < -0.39 is 30.5 Å². The minimum absolute atomic E-state index is 0.0491. The molecular weight excluding hydrogens is 314 g/mol. The van der Waals surface area contributed by atoms with Gasteiger partial charge in [0, 0.05) is 25.9 Å². The van der Waals surface area contributed by atoms with Crippen LogP contribution in [0.1, 0.15) is 17.5 Å². The molecule has 0 saturated carbocycles. The average Bonchev–Trinajstić information content (AvgIpc) is 2.80. The third kappa shape index (κ3) is 2.94. The largest absolute Gasteiger partial charge is 0.480 e. The van der Waals surface area contributed by atoms with E-state index in [9.17, 15) is 19.2 Å². The molecule has 8 heteroatoms. The standard InChI is InChI=1S/C16H17N3O5/c20-13(17-8-14(21)22)5-6-18-15(23)12-7-10-3-1-2-4-11(10)9-19(12)16(18)24/h1-4,12H,5-9H2,(H,17,20)(H,21,22). The molecule has 1 aromatic carbocycles. The molecule has 4 amide bonds. The second kappa shape index (κ2) is 6.31. The Bertz CT molecular complexity index is 674. The van der Waals surface area contributed by atoms with Gasteiger partial charge in [0.1, 0.15) is 12.6 Å². The van der Waals surface area contributed by atoms with Gasteiger partial charge in [-0.25, -0.2) is 4.79 Å². The summed E-state index contributed by atoms with van der Waals surface area (Å²) in [6, 6.07) is 6.77. The molecule has 2 aliphatic heterocycles. The first-order valence-electron chi connectivity index (χ1n) is 7.64. The van der Waals surface area contributed by atoms with Gasteiger partial charge in [-0.1, -0.05) is 24.3 Å². The second-order valence-corrected chi connectivity index (χ2v) is 5.81. The van der Waals surface area contributed by atoms with E-state index in [-0.39, 0.29) is 18.9 Å². The molecule has 1 fully saturated rings. The molecule has 0 spiro atoms.